The second-order valence-electron chi connectivity index (χ2n) is 14.4. The van der Waals surface area contributed by atoms with Gasteiger partial charge < -0.3 is 24.8 Å². The molecule has 0 saturated carbocycles. The third-order valence-corrected chi connectivity index (χ3v) is 10.7. The van der Waals surface area contributed by atoms with E-state index in [0.717, 1.165) is 28.1 Å². The molecule has 4 amide bonds. The lowest BCUT2D eigenvalue weighted by atomic mass is 9.90. The van der Waals surface area contributed by atoms with E-state index in [1.54, 1.807) is 35.0 Å². The molecule has 3 aromatic carbocycles. The zero-order valence-corrected chi connectivity index (χ0v) is 32.3. The summed E-state index contributed by atoms with van der Waals surface area (Å²) >= 11 is 6.51. The van der Waals surface area contributed by atoms with E-state index in [1.807, 2.05) is 74.5 Å². The number of anilines is 1. The van der Waals surface area contributed by atoms with Gasteiger partial charge in [0, 0.05) is 68.7 Å². The van der Waals surface area contributed by atoms with Crippen LogP contribution in [0.4, 0.5) is 5.69 Å². The first kappa shape index (κ1) is 37.4. The normalized spacial score (nSPS) is 17.1. The molecular formula is C42H40ClN9O5. The van der Waals surface area contributed by atoms with E-state index >= 15 is 0 Å². The summed E-state index contributed by atoms with van der Waals surface area (Å²) in [6.07, 6.45) is 4.21. The van der Waals surface area contributed by atoms with Crippen LogP contribution in [-0.2, 0) is 23.2 Å². The van der Waals surface area contributed by atoms with Crippen LogP contribution in [0.2, 0.25) is 5.02 Å². The first-order chi connectivity index (χ1) is 27.5. The number of imide groups is 1. The van der Waals surface area contributed by atoms with Crippen LogP contribution >= 0.6 is 11.6 Å². The lowest BCUT2D eigenvalue weighted by Gasteiger charge is -2.41. The van der Waals surface area contributed by atoms with E-state index in [0.29, 0.717) is 77.1 Å². The molecule has 290 valence electrons. The van der Waals surface area contributed by atoms with Crippen molar-refractivity contribution in [2.45, 2.75) is 45.2 Å². The number of hydrogen-bond acceptors (Lipinski definition) is 9. The van der Waals surface area contributed by atoms with Gasteiger partial charge in [-0.3, -0.25) is 29.2 Å². The molecule has 2 aliphatic rings. The Bertz CT molecular complexity index is 2510. The first-order valence-electron chi connectivity index (χ1n) is 18.7. The number of nitrogens with one attached hydrogen (secondary N) is 3. The Morgan fingerprint density at radius 2 is 1.81 bits per heavy atom. The molecule has 8 rings (SSSR count). The van der Waals surface area contributed by atoms with Gasteiger partial charge in [0.15, 0.2) is 11.4 Å². The van der Waals surface area contributed by atoms with Crippen LogP contribution in [0.3, 0.4) is 0 Å². The number of piperazine rings is 1. The van der Waals surface area contributed by atoms with Gasteiger partial charge in [-0.15, -0.1) is 0 Å². The van der Waals surface area contributed by atoms with Crippen molar-refractivity contribution in [1.82, 2.24) is 40.3 Å². The number of hydrogen-bond donors (Lipinski definition) is 3. The van der Waals surface area contributed by atoms with Crippen molar-refractivity contribution in [3.05, 3.63) is 118 Å². The highest BCUT2D eigenvalue weighted by Gasteiger charge is 2.30. The number of aryl methyl sites for hydroxylation is 2. The summed E-state index contributed by atoms with van der Waals surface area (Å²) < 4.78 is 7.88. The topological polar surface area (TPSA) is 167 Å². The third kappa shape index (κ3) is 7.81. The Morgan fingerprint density at radius 1 is 1.02 bits per heavy atom. The van der Waals surface area contributed by atoms with Gasteiger partial charge >= 0.3 is 0 Å². The number of aromatic amines is 1. The van der Waals surface area contributed by atoms with Crippen LogP contribution in [0.5, 0.6) is 11.5 Å². The fraction of sp³-hybridized carbons (Fsp3) is 0.262. The minimum absolute atomic E-state index is 0.0509. The fourth-order valence-electron chi connectivity index (χ4n) is 7.45. The summed E-state index contributed by atoms with van der Waals surface area (Å²) in [7, 11) is 1.84. The van der Waals surface area contributed by atoms with Crippen molar-refractivity contribution in [1.29, 1.82) is 0 Å². The molecule has 14 nitrogen and oxygen atoms in total. The fourth-order valence-corrected chi connectivity index (χ4v) is 7.63. The van der Waals surface area contributed by atoms with Crippen LogP contribution in [0.25, 0.3) is 22.6 Å². The van der Waals surface area contributed by atoms with E-state index in [4.69, 9.17) is 16.3 Å². The number of carbonyl (C=O) groups is 4. The Hall–Kier alpha value is -6.54. The molecule has 2 atom stereocenters. The minimum Gasteiger partial charge on any atom is -0.453 e. The van der Waals surface area contributed by atoms with E-state index in [-0.39, 0.29) is 42.1 Å². The highest BCUT2D eigenvalue weighted by atomic mass is 35.5. The van der Waals surface area contributed by atoms with Gasteiger partial charge in [-0.2, -0.15) is 5.10 Å². The zero-order valence-electron chi connectivity index (χ0n) is 31.6. The SMILES string of the molecule is Cc1nn(C)cc1-c1nc2ncc(Cl)c(Oc3ccc(C(=O)NCc4cccc(C(=O)N5CCN(c6ccc([C@@H]7CCC(=O)NC7=O)cc6)C[C@H]5C)c4)cc3)c2[nH]1. The zero-order chi connectivity index (χ0) is 39.8. The Balaban J connectivity index is 0.859. The average Bonchev–Trinajstić information content (AvgIpc) is 3.80. The van der Waals surface area contributed by atoms with Crippen molar-refractivity contribution in [3.63, 3.8) is 0 Å². The summed E-state index contributed by atoms with van der Waals surface area (Å²) in [4.78, 5) is 67.1. The van der Waals surface area contributed by atoms with Gasteiger partial charge in [0.25, 0.3) is 11.8 Å². The van der Waals surface area contributed by atoms with Crippen LogP contribution in [0.1, 0.15) is 63.2 Å². The highest BCUT2D eigenvalue weighted by molar-refractivity contribution is 6.32. The lowest BCUT2D eigenvalue weighted by molar-refractivity contribution is -0.134. The molecule has 3 aromatic heterocycles. The third-order valence-electron chi connectivity index (χ3n) is 10.4. The maximum Gasteiger partial charge on any atom is 0.254 e. The number of H-pyrrole nitrogens is 1. The monoisotopic (exact) mass is 785 g/mol. The van der Waals surface area contributed by atoms with Crippen molar-refractivity contribution in [3.8, 4) is 22.9 Å². The van der Waals surface area contributed by atoms with Crippen LogP contribution in [0, 0.1) is 6.92 Å². The summed E-state index contributed by atoms with van der Waals surface area (Å²) in [5, 5.41) is 10.1. The van der Waals surface area contributed by atoms with E-state index in [1.165, 1.54) is 6.20 Å². The predicted molar refractivity (Wildman–Crippen MR) is 214 cm³/mol. The molecule has 2 aliphatic heterocycles. The van der Waals surface area contributed by atoms with Gasteiger partial charge in [-0.05, 0) is 79.9 Å². The van der Waals surface area contributed by atoms with Gasteiger partial charge in [0.2, 0.25) is 11.8 Å². The number of nitrogens with zero attached hydrogens (tertiary/aromatic N) is 6. The maximum atomic E-state index is 13.7. The molecule has 5 heterocycles. The number of pyridine rings is 1. The number of ether oxygens (including phenoxy) is 1. The Labute approximate surface area is 333 Å². The number of benzene rings is 3. The molecular weight excluding hydrogens is 746 g/mol. The van der Waals surface area contributed by atoms with Crippen LogP contribution in [-0.4, -0.2) is 78.9 Å². The summed E-state index contributed by atoms with van der Waals surface area (Å²) in [5.74, 6) is 0.289. The predicted octanol–water partition coefficient (Wildman–Crippen LogP) is 5.91. The van der Waals surface area contributed by atoms with Crippen molar-refractivity contribution < 1.29 is 23.9 Å². The summed E-state index contributed by atoms with van der Waals surface area (Å²) in [6, 6.07) is 21.9. The second kappa shape index (κ2) is 15.5. The van der Waals surface area contributed by atoms with Crippen molar-refractivity contribution in [2.75, 3.05) is 24.5 Å². The largest absolute Gasteiger partial charge is 0.453 e. The number of piperidine rings is 1. The highest BCUT2D eigenvalue weighted by Crippen LogP contribution is 2.36. The molecule has 2 fully saturated rings. The van der Waals surface area contributed by atoms with Gasteiger partial charge in [-0.1, -0.05) is 35.9 Å². The molecule has 0 radical (unpaired) electrons. The summed E-state index contributed by atoms with van der Waals surface area (Å²) in [5.41, 5.74) is 6.34. The second-order valence-corrected chi connectivity index (χ2v) is 14.8. The number of carbonyl (C=O) groups excluding carboxylic acids is 4. The van der Waals surface area contributed by atoms with Gasteiger partial charge in [0.05, 0.1) is 23.4 Å². The molecule has 57 heavy (non-hydrogen) atoms. The van der Waals surface area contributed by atoms with Gasteiger partial charge in [-0.25, -0.2) is 9.97 Å². The maximum absolute atomic E-state index is 13.7. The van der Waals surface area contributed by atoms with Crippen molar-refractivity contribution in [2.24, 2.45) is 7.05 Å². The number of amides is 4. The number of fused-ring (bicyclic) bond motifs is 1. The quantitative estimate of drug-likeness (QED) is 0.151. The molecule has 3 N–H and O–H groups in total. The number of rotatable bonds is 9. The number of imidazole rings is 1. The number of aromatic nitrogens is 5. The van der Waals surface area contributed by atoms with Gasteiger partial charge in [0.1, 0.15) is 22.1 Å². The lowest BCUT2D eigenvalue weighted by Crippen LogP contribution is -2.54. The smallest absolute Gasteiger partial charge is 0.254 e. The molecule has 0 aliphatic carbocycles. The molecule has 0 unspecified atom stereocenters. The number of halogens is 1. The molecule has 2 saturated heterocycles. The standard InChI is InChI=1S/C42H40ClN9O5/c1-24-22-51(30-11-7-27(8-12-30)32-15-16-35(53)46-41(32)55)17-18-52(24)42(56)29-6-4-5-26(19-29)20-45-40(54)28-9-13-31(14-10-28)57-37-34(43)21-44-39-36(37)47-38(48-39)33-23-50(3)49-25(33)2/h4-14,19,21,23-24,32H,15-18,20,22H2,1-3H3,(H,45,54)(H,44,47,48)(H,46,53,55)/t24-,32+/m1/s1. The van der Waals surface area contributed by atoms with E-state index < -0.39 is 0 Å². The molecule has 6 aromatic rings. The summed E-state index contributed by atoms with van der Waals surface area (Å²) in [6.45, 7) is 6.02. The van der Waals surface area contributed by atoms with Crippen LogP contribution < -0.4 is 20.3 Å². The first-order valence-corrected chi connectivity index (χ1v) is 19.1. The Morgan fingerprint density at radius 3 is 2.53 bits per heavy atom. The minimum atomic E-state index is -0.326. The van der Waals surface area contributed by atoms with E-state index in [2.05, 4.69) is 35.6 Å². The average molecular weight is 786 g/mol. The van der Waals surface area contributed by atoms with Crippen LogP contribution in [0.15, 0.2) is 85.2 Å². The molecule has 15 heteroatoms. The molecule has 0 bridgehead atoms. The molecule has 0 spiro atoms. The van der Waals surface area contributed by atoms with E-state index in [9.17, 15) is 19.2 Å². The van der Waals surface area contributed by atoms with Crippen molar-refractivity contribution >= 4 is 52.1 Å². The Kier molecular flexibility index (Phi) is 10.2.